The molecule has 0 bridgehead atoms. The minimum Gasteiger partial charge on any atom is -0.508 e. The summed E-state index contributed by atoms with van der Waals surface area (Å²) >= 11 is 0. The summed E-state index contributed by atoms with van der Waals surface area (Å²) in [6, 6.07) is 15.0. The summed E-state index contributed by atoms with van der Waals surface area (Å²) in [7, 11) is 0. The minimum absolute atomic E-state index is 0.0643. The molecule has 2 aromatic carbocycles. The first-order valence-electron chi connectivity index (χ1n) is 8.70. The number of hydrazine groups is 1. The zero-order valence-electron chi connectivity index (χ0n) is 14.4. The lowest BCUT2D eigenvalue weighted by Gasteiger charge is -2.16. The quantitative estimate of drug-likeness (QED) is 0.567. The van der Waals surface area contributed by atoms with Crippen molar-refractivity contribution in [3.8, 4) is 17.2 Å². The van der Waals surface area contributed by atoms with Gasteiger partial charge in [0.05, 0.1) is 6.04 Å². The fourth-order valence-corrected chi connectivity index (χ4v) is 3.39. The molecule has 7 nitrogen and oxygen atoms in total. The molecular weight excluding hydrogens is 344 g/mol. The number of ether oxygens (including phenoxy) is 2. The number of nitrogens with zero attached hydrogens (tertiary/aromatic N) is 1. The van der Waals surface area contributed by atoms with Crippen LogP contribution >= 0.6 is 0 Å². The lowest BCUT2D eigenvalue weighted by Crippen LogP contribution is -2.20. The number of aromatic nitrogens is 1. The van der Waals surface area contributed by atoms with Crippen molar-refractivity contribution in [2.75, 3.05) is 17.5 Å². The van der Waals surface area contributed by atoms with Gasteiger partial charge < -0.3 is 25.3 Å². The van der Waals surface area contributed by atoms with Crippen molar-refractivity contribution in [3.05, 3.63) is 71.4 Å². The number of nitrogens with one attached hydrogen (secondary N) is 3. The van der Waals surface area contributed by atoms with Crippen LogP contribution in [0, 0.1) is 0 Å². The standard InChI is InChI=1S/C20H18N4O3/c25-14-4-1-12(2-5-14)10-22-15-7-8-21-20-18(15)19(23-24-20)13-3-6-16-17(9-13)27-11-26-16/h1-9,19,23,25H,10-11H2,(H2,21,22,24). The van der Waals surface area contributed by atoms with E-state index < -0.39 is 0 Å². The van der Waals surface area contributed by atoms with E-state index in [4.69, 9.17) is 9.47 Å². The van der Waals surface area contributed by atoms with Gasteiger partial charge in [-0.15, -0.1) is 0 Å². The highest BCUT2D eigenvalue weighted by Gasteiger charge is 2.29. The van der Waals surface area contributed by atoms with Crippen LogP contribution in [-0.4, -0.2) is 16.9 Å². The zero-order chi connectivity index (χ0) is 18.2. The lowest BCUT2D eigenvalue weighted by molar-refractivity contribution is 0.174. The number of anilines is 2. The summed E-state index contributed by atoms with van der Waals surface area (Å²) in [4.78, 5) is 4.43. The van der Waals surface area contributed by atoms with Crippen LogP contribution in [0.4, 0.5) is 11.5 Å². The second kappa shape index (κ2) is 6.37. The fraction of sp³-hybridized carbons (Fsp3) is 0.150. The van der Waals surface area contributed by atoms with Crippen molar-refractivity contribution in [1.29, 1.82) is 0 Å². The molecule has 3 aromatic rings. The number of hydrogen-bond acceptors (Lipinski definition) is 7. The molecule has 2 aliphatic heterocycles. The average molecular weight is 362 g/mol. The Morgan fingerprint density at radius 3 is 2.81 bits per heavy atom. The first kappa shape index (κ1) is 15.8. The summed E-state index contributed by atoms with van der Waals surface area (Å²) in [5.74, 6) is 2.58. The molecule has 27 heavy (non-hydrogen) atoms. The maximum Gasteiger partial charge on any atom is 0.231 e. The number of pyridine rings is 1. The first-order valence-corrected chi connectivity index (χ1v) is 8.70. The third-order valence-electron chi connectivity index (χ3n) is 4.76. The zero-order valence-corrected chi connectivity index (χ0v) is 14.4. The van der Waals surface area contributed by atoms with E-state index in [0.717, 1.165) is 39.7 Å². The summed E-state index contributed by atoms with van der Waals surface area (Å²) in [6.07, 6.45) is 1.77. The van der Waals surface area contributed by atoms with Crippen molar-refractivity contribution in [1.82, 2.24) is 10.4 Å². The smallest absolute Gasteiger partial charge is 0.231 e. The van der Waals surface area contributed by atoms with E-state index in [1.807, 2.05) is 36.4 Å². The van der Waals surface area contributed by atoms with Gasteiger partial charge in [0.1, 0.15) is 11.6 Å². The molecular formula is C20H18N4O3. The molecule has 0 fully saturated rings. The van der Waals surface area contributed by atoms with Gasteiger partial charge in [0.15, 0.2) is 11.5 Å². The molecule has 0 saturated heterocycles. The molecule has 0 spiro atoms. The number of phenolic OH excluding ortho intramolecular Hbond substituents is 1. The van der Waals surface area contributed by atoms with E-state index in [9.17, 15) is 5.11 Å². The Kier molecular flexibility index (Phi) is 3.72. The van der Waals surface area contributed by atoms with Crippen LogP contribution in [0.15, 0.2) is 54.7 Å². The van der Waals surface area contributed by atoms with Crippen molar-refractivity contribution in [3.63, 3.8) is 0 Å². The van der Waals surface area contributed by atoms with E-state index in [-0.39, 0.29) is 18.6 Å². The van der Waals surface area contributed by atoms with Crippen LogP contribution in [0.5, 0.6) is 17.2 Å². The molecule has 1 unspecified atom stereocenters. The van der Waals surface area contributed by atoms with Crippen LogP contribution in [-0.2, 0) is 6.54 Å². The Bertz CT molecular complexity index is 991. The van der Waals surface area contributed by atoms with Gasteiger partial charge in [-0.25, -0.2) is 10.4 Å². The summed E-state index contributed by atoms with van der Waals surface area (Å²) in [6.45, 7) is 0.900. The normalized spacial score (nSPS) is 16.7. The Morgan fingerprint density at radius 2 is 1.93 bits per heavy atom. The molecule has 5 rings (SSSR count). The number of aromatic hydroxyl groups is 1. The lowest BCUT2D eigenvalue weighted by atomic mass is 9.99. The third kappa shape index (κ3) is 2.88. The molecule has 136 valence electrons. The maximum absolute atomic E-state index is 9.43. The first-order chi connectivity index (χ1) is 13.3. The van der Waals surface area contributed by atoms with Gasteiger partial charge in [-0.1, -0.05) is 18.2 Å². The van der Waals surface area contributed by atoms with E-state index in [0.29, 0.717) is 6.54 Å². The van der Waals surface area contributed by atoms with Gasteiger partial charge in [0, 0.05) is 24.0 Å². The molecule has 3 heterocycles. The molecule has 2 aliphatic rings. The second-order valence-corrected chi connectivity index (χ2v) is 6.46. The maximum atomic E-state index is 9.43. The highest BCUT2D eigenvalue weighted by Crippen LogP contribution is 2.41. The van der Waals surface area contributed by atoms with Gasteiger partial charge in [0.2, 0.25) is 6.79 Å². The number of phenols is 1. The highest BCUT2D eigenvalue weighted by molar-refractivity contribution is 5.68. The fourth-order valence-electron chi connectivity index (χ4n) is 3.39. The Morgan fingerprint density at radius 1 is 1.07 bits per heavy atom. The molecule has 0 radical (unpaired) electrons. The van der Waals surface area contributed by atoms with Crippen LogP contribution in [0.2, 0.25) is 0 Å². The van der Waals surface area contributed by atoms with Gasteiger partial charge in [-0.2, -0.15) is 0 Å². The minimum atomic E-state index is -0.0643. The summed E-state index contributed by atoms with van der Waals surface area (Å²) < 4.78 is 10.9. The molecule has 1 atom stereocenters. The predicted octanol–water partition coefficient (Wildman–Crippen LogP) is 3.15. The summed E-state index contributed by atoms with van der Waals surface area (Å²) in [5.41, 5.74) is 10.6. The van der Waals surface area contributed by atoms with Crippen molar-refractivity contribution < 1.29 is 14.6 Å². The summed E-state index contributed by atoms with van der Waals surface area (Å²) in [5, 5.41) is 12.9. The van der Waals surface area contributed by atoms with E-state index in [1.54, 1.807) is 18.3 Å². The Labute approximate surface area is 155 Å². The topological polar surface area (TPSA) is 87.7 Å². The number of fused-ring (bicyclic) bond motifs is 2. The predicted molar refractivity (Wildman–Crippen MR) is 101 cm³/mol. The Balaban J connectivity index is 1.44. The SMILES string of the molecule is Oc1ccc(CNc2ccnc3c2C(c2ccc4c(c2)OCO4)NN3)cc1. The van der Waals surface area contributed by atoms with Gasteiger partial charge in [-0.3, -0.25) is 0 Å². The molecule has 4 N–H and O–H groups in total. The van der Waals surface area contributed by atoms with Crippen molar-refractivity contribution in [2.45, 2.75) is 12.6 Å². The van der Waals surface area contributed by atoms with Crippen molar-refractivity contribution in [2.24, 2.45) is 0 Å². The van der Waals surface area contributed by atoms with Gasteiger partial charge in [-0.05, 0) is 41.5 Å². The molecule has 0 saturated carbocycles. The monoisotopic (exact) mass is 362 g/mol. The highest BCUT2D eigenvalue weighted by atomic mass is 16.7. The van der Waals surface area contributed by atoms with Crippen molar-refractivity contribution >= 4 is 11.5 Å². The van der Waals surface area contributed by atoms with Gasteiger partial charge in [0.25, 0.3) is 0 Å². The average Bonchev–Trinajstić information content (AvgIpc) is 3.34. The molecule has 1 aromatic heterocycles. The van der Waals surface area contributed by atoms with Crippen LogP contribution in [0.25, 0.3) is 0 Å². The number of hydrogen-bond donors (Lipinski definition) is 4. The van der Waals surface area contributed by atoms with Crippen LogP contribution < -0.4 is 25.6 Å². The van der Waals surface area contributed by atoms with E-state index in [2.05, 4.69) is 21.2 Å². The van der Waals surface area contributed by atoms with Crippen LogP contribution in [0.3, 0.4) is 0 Å². The van der Waals surface area contributed by atoms with E-state index >= 15 is 0 Å². The largest absolute Gasteiger partial charge is 0.508 e. The molecule has 0 amide bonds. The number of rotatable bonds is 4. The second-order valence-electron chi connectivity index (χ2n) is 6.46. The number of benzene rings is 2. The third-order valence-corrected chi connectivity index (χ3v) is 4.76. The van der Waals surface area contributed by atoms with E-state index in [1.165, 1.54) is 0 Å². The van der Waals surface area contributed by atoms with Crippen LogP contribution in [0.1, 0.15) is 22.7 Å². The molecule has 7 heteroatoms. The Hall–Kier alpha value is -3.45. The van der Waals surface area contributed by atoms with Gasteiger partial charge >= 0.3 is 0 Å². The molecule has 0 aliphatic carbocycles.